The first-order valence-corrected chi connectivity index (χ1v) is 5.25. The van der Waals surface area contributed by atoms with Crippen LogP contribution in [0.15, 0.2) is 12.1 Å². The molecular weight excluding hydrogens is 264 g/mol. The number of amides is 2. The second-order valence-corrected chi connectivity index (χ2v) is 3.79. The number of hydroxylamine groups is 1. The first-order valence-electron chi connectivity index (χ1n) is 4.87. The van der Waals surface area contributed by atoms with Gasteiger partial charge >= 0.3 is 0 Å². The maximum absolute atomic E-state index is 11.6. The van der Waals surface area contributed by atoms with E-state index in [0.29, 0.717) is 11.5 Å². The van der Waals surface area contributed by atoms with Gasteiger partial charge in [0.15, 0.2) is 18.1 Å². The van der Waals surface area contributed by atoms with Gasteiger partial charge in [0, 0.05) is 5.56 Å². The van der Waals surface area contributed by atoms with E-state index < -0.39 is 18.4 Å². The van der Waals surface area contributed by atoms with Gasteiger partial charge in [0.25, 0.3) is 5.91 Å². The van der Waals surface area contributed by atoms with Crippen LogP contribution in [0.5, 0.6) is 11.5 Å². The summed E-state index contributed by atoms with van der Waals surface area (Å²) in [6, 6.07) is 2.86. The van der Waals surface area contributed by atoms with Crippen LogP contribution in [0.1, 0.15) is 10.4 Å². The topological polar surface area (TPSA) is 99.9 Å². The highest BCUT2D eigenvalue weighted by atomic mass is 35.5. The van der Waals surface area contributed by atoms with E-state index in [1.807, 2.05) is 0 Å². The van der Waals surface area contributed by atoms with Crippen molar-refractivity contribution in [1.82, 2.24) is 5.48 Å². The highest BCUT2D eigenvalue weighted by Gasteiger charge is 2.20. The van der Waals surface area contributed by atoms with Crippen molar-refractivity contribution < 1.29 is 23.9 Å². The molecule has 1 aliphatic heterocycles. The molecule has 2 rings (SSSR count). The van der Waals surface area contributed by atoms with Crippen LogP contribution in [0, 0.1) is 0 Å². The molecule has 0 saturated heterocycles. The molecule has 7 nitrogen and oxygen atoms in total. The molecule has 18 heavy (non-hydrogen) atoms. The Balaban J connectivity index is 2.07. The lowest BCUT2D eigenvalue weighted by atomic mass is 10.2. The summed E-state index contributed by atoms with van der Waals surface area (Å²) in [7, 11) is 0. The summed E-state index contributed by atoms with van der Waals surface area (Å²) in [4.78, 5) is 26.6. The van der Waals surface area contributed by atoms with Gasteiger partial charge in [-0.3, -0.25) is 14.4 Å². The highest BCUT2D eigenvalue weighted by molar-refractivity contribution is 6.32. The first kappa shape index (κ1) is 12.5. The van der Waals surface area contributed by atoms with E-state index in [1.54, 1.807) is 0 Å². The average molecular weight is 273 g/mol. The Hall–Kier alpha value is -1.99. The van der Waals surface area contributed by atoms with Crippen molar-refractivity contribution in [3.05, 3.63) is 22.7 Å². The molecule has 0 fully saturated rings. The molecule has 1 aromatic rings. The Bertz CT molecular complexity index is 505. The van der Waals surface area contributed by atoms with E-state index >= 15 is 0 Å². The van der Waals surface area contributed by atoms with Crippen LogP contribution in [0.4, 0.5) is 0 Å². The molecule has 0 saturated carbocycles. The zero-order valence-electron chi connectivity index (χ0n) is 9.07. The molecule has 0 aliphatic carbocycles. The lowest BCUT2D eigenvalue weighted by Crippen LogP contribution is -2.29. The largest absolute Gasteiger partial charge is 0.454 e. The normalized spacial score (nSPS) is 12.3. The SMILES string of the molecule is NC(=O)CONC(=O)c1cc(Cl)c2c(c1)OCO2. The molecule has 1 aliphatic rings. The molecule has 1 heterocycles. The smallest absolute Gasteiger partial charge is 0.275 e. The van der Waals surface area contributed by atoms with Crippen LogP contribution in [0.3, 0.4) is 0 Å². The fraction of sp³-hybridized carbons (Fsp3) is 0.200. The molecule has 1 aromatic carbocycles. The molecular formula is C10H9ClN2O5. The van der Waals surface area contributed by atoms with Crippen LogP contribution in [0.25, 0.3) is 0 Å². The highest BCUT2D eigenvalue weighted by Crippen LogP contribution is 2.39. The number of primary amides is 1. The number of carbonyl (C=O) groups is 2. The van der Waals surface area contributed by atoms with Crippen LogP contribution >= 0.6 is 11.6 Å². The Kier molecular flexibility index (Phi) is 3.54. The number of carbonyl (C=O) groups excluding carboxylic acids is 2. The van der Waals surface area contributed by atoms with Crippen molar-refractivity contribution in [2.24, 2.45) is 5.73 Å². The van der Waals surface area contributed by atoms with Crippen LogP contribution in [-0.4, -0.2) is 25.2 Å². The number of hydrogen-bond donors (Lipinski definition) is 2. The number of rotatable bonds is 4. The minimum Gasteiger partial charge on any atom is -0.454 e. The maximum atomic E-state index is 11.6. The third kappa shape index (κ3) is 2.63. The Morgan fingerprint density at radius 2 is 2.22 bits per heavy atom. The average Bonchev–Trinajstić information content (AvgIpc) is 2.76. The van der Waals surface area contributed by atoms with Crippen molar-refractivity contribution in [2.75, 3.05) is 13.4 Å². The Labute approximate surface area is 107 Å². The summed E-state index contributed by atoms with van der Waals surface area (Å²) in [5, 5.41) is 0.255. The van der Waals surface area contributed by atoms with Crippen LogP contribution in [-0.2, 0) is 9.63 Å². The van der Waals surface area contributed by atoms with Gasteiger partial charge in [-0.1, -0.05) is 11.6 Å². The summed E-state index contributed by atoms with van der Waals surface area (Å²) < 4.78 is 10.2. The summed E-state index contributed by atoms with van der Waals surface area (Å²) in [6.45, 7) is -0.359. The number of ether oxygens (including phenoxy) is 2. The van der Waals surface area contributed by atoms with Crippen LogP contribution < -0.4 is 20.7 Å². The number of halogens is 1. The van der Waals surface area contributed by atoms with E-state index in [1.165, 1.54) is 12.1 Å². The minimum absolute atomic E-state index is 0.0539. The van der Waals surface area contributed by atoms with Gasteiger partial charge in [0.2, 0.25) is 12.7 Å². The van der Waals surface area contributed by atoms with Crippen molar-refractivity contribution >= 4 is 23.4 Å². The number of nitrogens with one attached hydrogen (secondary N) is 1. The third-order valence-corrected chi connectivity index (χ3v) is 2.35. The minimum atomic E-state index is -0.695. The molecule has 96 valence electrons. The number of nitrogens with two attached hydrogens (primary N) is 1. The van der Waals surface area contributed by atoms with Crippen molar-refractivity contribution in [3.63, 3.8) is 0 Å². The second-order valence-electron chi connectivity index (χ2n) is 3.38. The lowest BCUT2D eigenvalue weighted by Gasteiger charge is -2.06. The predicted molar refractivity (Wildman–Crippen MR) is 60.2 cm³/mol. The standard InChI is InChI=1S/C10H9ClN2O5/c11-6-1-5(2-7-9(6)17-4-16-7)10(15)13-18-3-8(12)14/h1-2H,3-4H2,(H2,12,14)(H,13,15). The van der Waals surface area contributed by atoms with Crippen molar-refractivity contribution in [1.29, 1.82) is 0 Å². The van der Waals surface area contributed by atoms with Gasteiger partial charge in [0.05, 0.1) is 5.02 Å². The first-order chi connectivity index (χ1) is 8.58. The molecule has 3 N–H and O–H groups in total. The van der Waals surface area contributed by atoms with Crippen molar-refractivity contribution in [2.45, 2.75) is 0 Å². The number of fused-ring (bicyclic) bond motifs is 1. The Morgan fingerprint density at radius 1 is 1.44 bits per heavy atom. The number of benzene rings is 1. The molecule has 0 unspecified atom stereocenters. The van der Waals surface area contributed by atoms with Crippen molar-refractivity contribution in [3.8, 4) is 11.5 Å². The van der Waals surface area contributed by atoms with Gasteiger partial charge in [-0.05, 0) is 12.1 Å². The maximum Gasteiger partial charge on any atom is 0.275 e. The Morgan fingerprint density at radius 3 is 2.94 bits per heavy atom. The molecule has 2 amide bonds. The second kappa shape index (κ2) is 5.11. The van der Waals surface area contributed by atoms with Gasteiger partial charge in [-0.15, -0.1) is 0 Å². The summed E-state index contributed by atoms with van der Waals surface area (Å²) in [6.07, 6.45) is 0. The molecule has 0 bridgehead atoms. The quantitative estimate of drug-likeness (QED) is 0.764. The predicted octanol–water partition coefficient (Wildman–Crippen LogP) is 0.215. The molecule has 8 heteroatoms. The lowest BCUT2D eigenvalue weighted by molar-refractivity contribution is -0.124. The summed E-state index contributed by atoms with van der Waals surface area (Å²) in [5.74, 6) is -0.496. The van der Waals surface area contributed by atoms with Crippen LogP contribution in [0.2, 0.25) is 5.02 Å². The summed E-state index contributed by atoms with van der Waals surface area (Å²) in [5.41, 5.74) is 7.11. The van der Waals surface area contributed by atoms with E-state index in [9.17, 15) is 9.59 Å². The van der Waals surface area contributed by atoms with E-state index in [0.717, 1.165) is 0 Å². The number of hydrogen-bond acceptors (Lipinski definition) is 5. The monoisotopic (exact) mass is 272 g/mol. The zero-order chi connectivity index (χ0) is 13.1. The molecule has 0 atom stereocenters. The van der Waals surface area contributed by atoms with Gasteiger partial charge in [-0.25, -0.2) is 5.48 Å². The molecule has 0 radical (unpaired) electrons. The van der Waals surface area contributed by atoms with E-state index in [-0.39, 0.29) is 17.4 Å². The van der Waals surface area contributed by atoms with Gasteiger partial charge < -0.3 is 15.2 Å². The van der Waals surface area contributed by atoms with E-state index in [2.05, 4.69) is 10.3 Å². The zero-order valence-corrected chi connectivity index (χ0v) is 9.82. The molecule has 0 spiro atoms. The van der Waals surface area contributed by atoms with Gasteiger partial charge in [-0.2, -0.15) is 0 Å². The fourth-order valence-electron chi connectivity index (χ4n) is 1.33. The third-order valence-electron chi connectivity index (χ3n) is 2.07. The fourth-order valence-corrected chi connectivity index (χ4v) is 1.60. The van der Waals surface area contributed by atoms with E-state index in [4.69, 9.17) is 26.8 Å². The summed E-state index contributed by atoms with van der Waals surface area (Å²) >= 11 is 5.90. The molecule has 0 aromatic heterocycles. The van der Waals surface area contributed by atoms with Gasteiger partial charge in [0.1, 0.15) is 0 Å².